The van der Waals surface area contributed by atoms with Crippen molar-refractivity contribution in [2.24, 2.45) is 4.99 Å². The van der Waals surface area contributed by atoms with E-state index in [1.165, 1.54) is 16.7 Å². The van der Waals surface area contributed by atoms with Gasteiger partial charge in [-0.05, 0) is 43.4 Å². The van der Waals surface area contributed by atoms with Crippen LogP contribution in [-0.2, 0) is 22.5 Å². The van der Waals surface area contributed by atoms with Crippen molar-refractivity contribution < 1.29 is 9.53 Å². The molecule has 2 aromatic carbocycles. The monoisotopic (exact) mass is 550 g/mol. The van der Waals surface area contributed by atoms with Crippen molar-refractivity contribution in [2.75, 3.05) is 32.8 Å². The van der Waals surface area contributed by atoms with Gasteiger partial charge in [-0.1, -0.05) is 54.6 Å². The van der Waals surface area contributed by atoms with Gasteiger partial charge in [0.25, 0.3) is 0 Å². The van der Waals surface area contributed by atoms with Crippen molar-refractivity contribution in [3.8, 4) is 0 Å². The first-order chi connectivity index (χ1) is 15.2. The van der Waals surface area contributed by atoms with Gasteiger partial charge in [-0.3, -0.25) is 4.79 Å². The van der Waals surface area contributed by atoms with E-state index in [9.17, 15) is 4.79 Å². The number of halogens is 1. The third-order valence-electron chi connectivity index (χ3n) is 5.45. The van der Waals surface area contributed by atoms with Crippen LogP contribution in [0.2, 0.25) is 0 Å². The molecule has 0 bridgehead atoms. The molecule has 1 heterocycles. The van der Waals surface area contributed by atoms with Crippen molar-refractivity contribution in [3.63, 3.8) is 0 Å². The van der Waals surface area contributed by atoms with E-state index in [1.54, 1.807) is 0 Å². The first kappa shape index (κ1) is 26.1. The van der Waals surface area contributed by atoms with Crippen LogP contribution < -0.4 is 10.6 Å². The number of carbonyl (C=O) groups is 1. The summed E-state index contributed by atoms with van der Waals surface area (Å²) in [5.74, 6) is 0.732. The van der Waals surface area contributed by atoms with Crippen LogP contribution in [-0.4, -0.2) is 49.6 Å². The summed E-state index contributed by atoms with van der Waals surface area (Å²) in [6, 6.07) is 18.6. The van der Waals surface area contributed by atoms with Crippen LogP contribution in [0.25, 0.3) is 0 Å². The average Bonchev–Trinajstić information content (AvgIpc) is 2.82. The number of fused-ring (bicyclic) bond motifs is 1. The van der Waals surface area contributed by atoms with Gasteiger partial charge in [0.15, 0.2) is 5.96 Å². The van der Waals surface area contributed by atoms with Crippen LogP contribution in [0.1, 0.15) is 43.1 Å². The Morgan fingerprint density at radius 3 is 2.56 bits per heavy atom. The summed E-state index contributed by atoms with van der Waals surface area (Å²) in [6.07, 6.45) is 1.85. The fourth-order valence-electron chi connectivity index (χ4n) is 3.66. The lowest BCUT2D eigenvalue weighted by molar-refractivity contribution is -0.130. The van der Waals surface area contributed by atoms with E-state index < -0.39 is 0 Å². The zero-order valence-corrected chi connectivity index (χ0v) is 21.4. The van der Waals surface area contributed by atoms with Crippen LogP contribution in [0.4, 0.5) is 0 Å². The fraction of sp³-hybridized carbons (Fsp3) is 0.440. The van der Waals surface area contributed by atoms with Gasteiger partial charge >= 0.3 is 0 Å². The summed E-state index contributed by atoms with van der Waals surface area (Å²) < 4.78 is 5.91. The maximum atomic E-state index is 12.6. The zero-order chi connectivity index (χ0) is 21.9. The molecule has 0 radical (unpaired) electrons. The number of benzene rings is 2. The molecule has 0 fully saturated rings. The van der Waals surface area contributed by atoms with Gasteiger partial charge in [0.2, 0.25) is 5.91 Å². The Kier molecular flexibility index (Phi) is 11.5. The summed E-state index contributed by atoms with van der Waals surface area (Å²) in [6.45, 7) is 7.81. The van der Waals surface area contributed by atoms with Crippen LogP contribution in [0, 0.1) is 0 Å². The van der Waals surface area contributed by atoms with Gasteiger partial charge in [-0.2, -0.15) is 0 Å². The lowest BCUT2D eigenvalue weighted by atomic mass is 10.00. The summed E-state index contributed by atoms with van der Waals surface area (Å²) in [7, 11) is 0. The maximum absolute atomic E-state index is 12.6. The summed E-state index contributed by atoms with van der Waals surface area (Å²) in [4.78, 5) is 19.0. The largest absolute Gasteiger partial charge is 0.374 e. The van der Waals surface area contributed by atoms with Crippen LogP contribution >= 0.6 is 24.0 Å². The van der Waals surface area contributed by atoms with Gasteiger partial charge in [0.05, 0.1) is 6.10 Å². The van der Waals surface area contributed by atoms with Crippen molar-refractivity contribution in [2.45, 2.75) is 39.3 Å². The molecule has 7 heteroatoms. The van der Waals surface area contributed by atoms with Crippen molar-refractivity contribution >= 4 is 35.8 Å². The molecule has 1 atom stereocenters. The Morgan fingerprint density at radius 1 is 1.09 bits per heavy atom. The molecule has 0 aromatic heterocycles. The van der Waals surface area contributed by atoms with E-state index in [2.05, 4.69) is 52.9 Å². The molecule has 0 saturated carbocycles. The van der Waals surface area contributed by atoms with Crippen LogP contribution in [0.15, 0.2) is 59.6 Å². The summed E-state index contributed by atoms with van der Waals surface area (Å²) in [5.41, 5.74) is 3.76. The number of rotatable bonds is 9. The third kappa shape index (κ3) is 8.09. The molecule has 1 aliphatic heterocycles. The minimum Gasteiger partial charge on any atom is -0.374 e. The molecule has 174 valence electrons. The second kappa shape index (κ2) is 14.1. The Hall–Kier alpha value is -2.13. The molecule has 1 aliphatic rings. The van der Waals surface area contributed by atoms with E-state index in [0.717, 1.165) is 32.5 Å². The number of amides is 1. The highest BCUT2D eigenvalue weighted by molar-refractivity contribution is 14.0. The van der Waals surface area contributed by atoms with Gasteiger partial charge in [0, 0.05) is 32.8 Å². The summed E-state index contributed by atoms with van der Waals surface area (Å²) in [5, 5.41) is 6.51. The average molecular weight is 550 g/mol. The summed E-state index contributed by atoms with van der Waals surface area (Å²) >= 11 is 0. The molecule has 1 amide bonds. The predicted octanol–water partition coefficient (Wildman–Crippen LogP) is 3.91. The molecular weight excluding hydrogens is 515 g/mol. The van der Waals surface area contributed by atoms with E-state index in [1.807, 2.05) is 36.1 Å². The Labute approximate surface area is 208 Å². The molecule has 0 aliphatic carbocycles. The Bertz CT molecular complexity index is 860. The lowest BCUT2D eigenvalue weighted by Crippen LogP contribution is -2.41. The molecular formula is C25H35IN4O2. The number of carbonyl (C=O) groups excluding carboxylic acids is 1. The number of aliphatic imine (C=N–C) groups is 1. The number of hydrogen-bond acceptors (Lipinski definition) is 3. The predicted molar refractivity (Wildman–Crippen MR) is 140 cm³/mol. The van der Waals surface area contributed by atoms with Crippen molar-refractivity contribution in [3.05, 3.63) is 71.3 Å². The number of hydrogen-bond donors (Lipinski definition) is 2. The molecule has 32 heavy (non-hydrogen) atoms. The second-order valence-corrected chi connectivity index (χ2v) is 7.73. The van der Waals surface area contributed by atoms with Gasteiger partial charge in [-0.25, -0.2) is 4.99 Å². The quantitative estimate of drug-likeness (QED) is 0.215. The smallest absolute Gasteiger partial charge is 0.244 e. The van der Waals surface area contributed by atoms with Crippen LogP contribution in [0.3, 0.4) is 0 Å². The molecule has 0 spiro atoms. The maximum Gasteiger partial charge on any atom is 0.244 e. The second-order valence-electron chi connectivity index (χ2n) is 7.73. The third-order valence-corrected chi connectivity index (χ3v) is 5.45. The highest BCUT2D eigenvalue weighted by atomic mass is 127. The number of nitrogens with one attached hydrogen (secondary N) is 2. The zero-order valence-electron chi connectivity index (χ0n) is 19.0. The molecule has 2 N–H and O–H groups in total. The number of guanidine groups is 1. The fourth-order valence-corrected chi connectivity index (χ4v) is 3.66. The molecule has 0 saturated heterocycles. The SMILES string of the molecule is CCNC(=NCC(=O)N1CCc2ccccc2C1)NCCCOC(C)c1ccccc1.I. The highest BCUT2D eigenvalue weighted by Crippen LogP contribution is 2.18. The first-order valence-corrected chi connectivity index (χ1v) is 11.2. The molecule has 3 rings (SSSR count). The molecule has 2 aromatic rings. The van der Waals surface area contributed by atoms with Gasteiger partial charge in [-0.15, -0.1) is 24.0 Å². The van der Waals surface area contributed by atoms with E-state index in [0.29, 0.717) is 19.1 Å². The topological polar surface area (TPSA) is 66.0 Å². The van der Waals surface area contributed by atoms with Crippen molar-refractivity contribution in [1.29, 1.82) is 0 Å². The van der Waals surface area contributed by atoms with E-state index >= 15 is 0 Å². The van der Waals surface area contributed by atoms with Crippen LogP contribution in [0.5, 0.6) is 0 Å². The first-order valence-electron chi connectivity index (χ1n) is 11.2. The lowest BCUT2D eigenvalue weighted by Gasteiger charge is -2.28. The van der Waals surface area contributed by atoms with E-state index in [-0.39, 0.29) is 42.5 Å². The number of nitrogens with zero attached hydrogens (tertiary/aromatic N) is 2. The Morgan fingerprint density at radius 2 is 1.81 bits per heavy atom. The van der Waals surface area contributed by atoms with Crippen molar-refractivity contribution in [1.82, 2.24) is 15.5 Å². The van der Waals surface area contributed by atoms with Gasteiger partial charge < -0.3 is 20.3 Å². The number of ether oxygens (including phenoxy) is 1. The molecule has 6 nitrogen and oxygen atoms in total. The minimum atomic E-state index is 0. The molecule has 1 unspecified atom stereocenters. The Balaban J connectivity index is 0.00000363. The minimum absolute atomic E-state index is 0. The normalized spacial score (nSPS) is 14.2. The van der Waals surface area contributed by atoms with Gasteiger partial charge in [0.1, 0.15) is 6.54 Å². The highest BCUT2D eigenvalue weighted by Gasteiger charge is 2.20. The van der Waals surface area contributed by atoms with E-state index in [4.69, 9.17) is 4.74 Å². The standard InChI is InChI=1S/C25H34N4O2.HI/c1-3-26-25(27-15-9-17-31-20(2)21-10-5-4-6-11-21)28-18-24(30)29-16-14-22-12-7-8-13-23(22)19-29;/h4-8,10-13,20H,3,9,14-19H2,1-2H3,(H2,26,27,28);1H.